The van der Waals surface area contributed by atoms with Crippen LogP contribution in [-0.4, -0.2) is 11.7 Å². The first kappa shape index (κ1) is 11.0. The Bertz CT molecular complexity index is 294. The summed E-state index contributed by atoms with van der Waals surface area (Å²) in [6.07, 6.45) is 0. The zero-order chi connectivity index (χ0) is 10.1. The molecule has 0 aromatic heterocycles. The summed E-state index contributed by atoms with van der Waals surface area (Å²) in [6, 6.07) is 5.36. The van der Waals surface area contributed by atoms with Crippen LogP contribution in [0, 0.1) is 0 Å². The summed E-state index contributed by atoms with van der Waals surface area (Å²) >= 11 is 9.27. The van der Waals surface area contributed by atoms with E-state index < -0.39 is 5.60 Å². The lowest BCUT2D eigenvalue weighted by atomic mass is 9.96. The van der Waals surface area contributed by atoms with Crippen molar-refractivity contribution in [2.24, 2.45) is 5.73 Å². The predicted molar refractivity (Wildman–Crippen MR) is 57.8 cm³/mol. The van der Waals surface area contributed by atoms with Gasteiger partial charge in [-0.1, -0.05) is 33.6 Å². The van der Waals surface area contributed by atoms with Gasteiger partial charge in [0.1, 0.15) is 5.60 Å². The Balaban J connectivity index is 3.28. The maximum atomic E-state index is 9.92. The highest BCUT2D eigenvalue weighted by molar-refractivity contribution is 9.10. The van der Waals surface area contributed by atoms with Gasteiger partial charge in [-0.3, -0.25) is 0 Å². The molecule has 0 aliphatic carbocycles. The van der Waals surface area contributed by atoms with Crippen LogP contribution in [0.2, 0.25) is 5.02 Å². The summed E-state index contributed by atoms with van der Waals surface area (Å²) in [4.78, 5) is 0. The van der Waals surface area contributed by atoms with E-state index in [-0.39, 0.29) is 6.54 Å². The Morgan fingerprint density at radius 3 is 2.69 bits per heavy atom. The quantitative estimate of drug-likeness (QED) is 0.861. The van der Waals surface area contributed by atoms with Gasteiger partial charge in [-0.15, -0.1) is 0 Å². The molecule has 1 atom stereocenters. The molecule has 1 aromatic carbocycles. The molecular weight excluding hydrogens is 253 g/mol. The molecule has 0 fully saturated rings. The van der Waals surface area contributed by atoms with Crippen molar-refractivity contribution in [1.29, 1.82) is 0 Å². The molecule has 72 valence electrons. The molecule has 0 aliphatic rings. The highest BCUT2D eigenvalue weighted by atomic mass is 79.9. The third kappa shape index (κ3) is 2.23. The average Bonchev–Trinajstić information content (AvgIpc) is 2.03. The van der Waals surface area contributed by atoms with Crippen LogP contribution in [0.3, 0.4) is 0 Å². The summed E-state index contributed by atoms with van der Waals surface area (Å²) < 4.78 is 0.774. The standard InChI is InChI=1S/C9H11BrClNO/c1-9(13,5-12)8-6(10)3-2-4-7(8)11/h2-4,13H,5,12H2,1H3. The number of hydrogen-bond donors (Lipinski definition) is 2. The van der Waals surface area contributed by atoms with Crippen LogP contribution in [0.4, 0.5) is 0 Å². The van der Waals surface area contributed by atoms with Crippen LogP contribution < -0.4 is 5.73 Å². The highest BCUT2D eigenvalue weighted by Crippen LogP contribution is 2.33. The molecule has 0 saturated heterocycles. The van der Waals surface area contributed by atoms with Gasteiger partial charge < -0.3 is 10.8 Å². The predicted octanol–water partition coefficient (Wildman–Crippen LogP) is 2.27. The number of benzene rings is 1. The van der Waals surface area contributed by atoms with Crippen molar-refractivity contribution < 1.29 is 5.11 Å². The number of halogens is 2. The van der Waals surface area contributed by atoms with Crippen LogP contribution in [-0.2, 0) is 5.60 Å². The van der Waals surface area contributed by atoms with Crippen molar-refractivity contribution in [2.45, 2.75) is 12.5 Å². The first-order valence-electron chi connectivity index (χ1n) is 3.86. The Morgan fingerprint density at radius 2 is 2.23 bits per heavy atom. The first-order chi connectivity index (χ1) is 5.99. The zero-order valence-electron chi connectivity index (χ0n) is 7.22. The summed E-state index contributed by atoms with van der Waals surface area (Å²) in [7, 11) is 0. The molecule has 2 nitrogen and oxygen atoms in total. The summed E-state index contributed by atoms with van der Waals surface area (Å²) in [5.74, 6) is 0. The number of hydrogen-bond acceptors (Lipinski definition) is 2. The number of nitrogens with two attached hydrogens (primary N) is 1. The van der Waals surface area contributed by atoms with Crippen LogP contribution in [0.25, 0.3) is 0 Å². The molecule has 0 amide bonds. The van der Waals surface area contributed by atoms with Crippen LogP contribution >= 0.6 is 27.5 Å². The molecule has 0 saturated carbocycles. The van der Waals surface area contributed by atoms with E-state index in [4.69, 9.17) is 17.3 Å². The highest BCUT2D eigenvalue weighted by Gasteiger charge is 2.26. The minimum atomic E-state index is -1.09. The molecule has 0 radical (unpaired) electrons. The molecule has 0 spiro atoms. The minimum absolute atomic E-state index is 0.134. The van der Waals surface area contributed by atoms with Gasteiger partial charge in [0.25, 0.3) is 0 Å². The van der Waals surface area contributed by atoms with Gasteiger partial charge in [-0.25, -0.2) is 0 Å². The van der Waals surface area contributed by atoms with E-state index in [1.165, 1.54) is 0 Å². The van der Waals surface area contributed by atoms with E-state index in [2.05, 4.69) is 15.9 Å². The fraction of sp³-hybridized carbons (Fsp3) is 0.333. The molecule has 0 heterocycles. The van der Waals surface area contributed by atoms with Gasteiger partial charge in [0.15, 0.2) is 0 Å². The molecule has 4 heteroatoms. The van der Waals surface area contributed by atoms with Crippen molar-refractivity contribution >= 4 is 27.5 Å². The van der Waals surface area contributed by atoms with Crippen molar-refractivity contribution in [3.05, 3.63) is 33.3 Å². The number of aliphatic hydroxyl groups is 1. The molecular formula is C9H11BrClNO. The van der Waals surface area contributed by atoms with E-state index in [0.717, 1.165) is 4.47 Å². The first-order valence-corrected chi connectivity index (χ1v) is 5.03. The fourth-order valence-electron chi connectivity index (χ4n) is 1.11. The van der Waals surface area contributed by atoms with Crippen molar-refractivity contribution in [3.63, 3.8) is 0 Å². The van der Waals surface area contributed by atoms with Crippen molar-refractivity contribution in [2.75, 3.05) is 6.54 Å². The molecule has 1 aromatic rings. The number of rotatable bonds is 2. The van der Waals surface area contributed by atoms with Gasteiger partial charge in [-0.2, -0.15) is 0 Å². The van der Waals surface area contributed by atoms with Crippen LogP contribution in [0.1, 0.15) is 12.5 Å². The van der Waals surface area contributed by atoms with Crippen molar-refractivity contribution in [1.82, 2.24) is 0 Å². The maximum Gasteiger partial charge on any atom is 0.101 e. The fourth-order valence-corrected chi connectivity index (χ4v) is 2.40. The van der Waals surface area contributed by atoms with Crippen LogP contribution in [0.15, 0.2) is 22.7 Å². The maximum absolute atomic E-state index is 9.92. The van der Waals surface area contributed by atoms with Gasteiger partial charge in [-0.05, 0) is 19.1 Å². The monoisotopic (exact) mass is 263 g/mol. The molecule has 0 bridgehead atoms. The second-order valence-corrected chi connectivity index (χ2v) is 4.34. The van der Waals surface area contributed by atoms with Gasteiger partial charge >= 0.3 is 0 Å². The lowest BCUT2D eigenvalue weighted by molar-refractivity contribution is 0.0662. The largest absolute Gasteiger partial charge is 0.384 e. The van der Waals surface area contributed by atoms with E-state index >= 15 is 0 Å². The summed E-state index contributed by atoms with van der Waals surface area (Å²) in [5, 5.41) is 10.4. The Morgan fingerprint density at radius 1 is 1.62 bits per heavy atom. The van der Waals surface area contributed by atoms with Crippen LogP contribution in [0.5, 0.6) is 0 Å². The third-order valence-electron chi connectivity index (χ3n) is 1.90. The summed E-state index contributed by atoms with van der Waals surface area (Å²) in [6.45, 7) is 1.77. The van der Waals surface area contributed by atoms with E-state index in [9.17, 15) is 5.11 Å². The second kappa shape index (κ2) is 3.96. The second-order valence-electron chi connectivity index (χ2n) is 3.07. The Labute approximate surface area is 90.8 Å². The van der Waals surface area contributed by atoms with E-state index in [0.29, 0.717) is 10.6 Å². The minimum Gasteiger partial charge on any atom is -0.384 e. The van der Waals surface area contributed by atoms with Gasteiger partial charge in [0.05, 0.1) is 0 Å². The third-order valence-corrected chi connectivity index (χ3v) is 2.87. The molecule has 0 aliphatic heterocycles. The zero-order valence-corrected chi connectivity index (χ0v) is 9.56. The lowest BCUT2D eigenvalue weighted by Gasteiger charge is -2.24. The molecule has 3 N–H and O–H groups in total. The molecule has 13 heavy (non-hydrogen) atoms. The topological polar surface area (TPSA) is 46.2 Å². The molecule has 1 rings (SSSR count). The Kier molecular flexibility index (Phi) is 3.35. The summed E-state index contributed by atoms with van der Waals surface area (Å²) in [5.41, 5.74) is 5.00. The van der Waals surface area contributed by atoms with E-state index in [1.54, 1.807) is 13.0 Å². The van der Waals surface area contributed by atoms with Gasteiger partial charge in [0.2, 0.25) is 0 Å². The van der Waals surface area contributed by atoms with Crippen molar-refractivity contribution in [3.8, 4) is 0 Å². The normalized spacial score (nSPS) is 15.5. The molecule has 1 unspecified atom stereocenters. The van der Waals surface area contributed by atoms with Gasteiger partial charge in [0, 0.05) is 21.6 Å². The smallest absolute Gasteiger partial charge is 0.101 e. The van der Waals surface area contributed by atoms with E-state index in [1.807, 2.05) is 12.1 Å². The Hall–Kier alpha value is -0.0900. The average molecular weight is 265 g/mol. The SMILES string of the molecule is CC(O)(CN)c1c(Cl)cccc1Br. The lowest BCUT2D eigenvalue weighted by Crippen LogP contribution is -2.32.